The van der Waals surface area contributed by atoms with Crippen molar-refractivity contribution in [2.45, 2.75) is 19.9 Å². The molecule has 0 bridgehead atoms. The molecule has 0 radical (unpaired) electrons. The minimum atomic E-state index is -0.877. The maximum Gasteiger partial charge on any atom is 0.335 e. The van der Waals surface area contributed by atoms with Gasteiger partial charge in [-0.15, -0.1) is 0 Å². The average molecular weight is 193 g/mol. The summed E-state index contributed by atoms with van der Waals surface area (Å²) in [5.41, 5.74) is 1.45. The second-order valence-corrected chi connectivity index (χ2v) is 3.18. The summed E-state index contributed by atoms with van der Waals surface area (Å²) in [6.45, 7) is 3.90. The zero-order chi connectivity index (χ0) is 10.4. The van der Waals surface area contributed by atoms with Gasteiger partial charge >= 0.3 is 5.97 Å². The average Bonchev–Trinajstić information content (AvgIpc) is 2.19. The van der Waals surface area contributed by atoms with E-state index in [2.05, 4.69) is 12.2 Å². The van der Waals surface area contributed by atoms with Gasteiger partial charge < -0.3 is 10.4 Å². The normalized spacial score (nSPS) is 10.1. The van der Waals surface area contributed by atoms with E-state index in [-0.39, 0.29) is 0 Å². The number of hydrogen-bond acceptors (Lipinski definition) is 2. The van der Waals surface area contributed by atoms with E-state index < -0.39 is 5.97 Å². The van der Waals surface area contributed by atoms with E-state index in [4.69, 9.17) is 5.11 Å². The smallest absolute Gasteiger partial charge is 0.335 e. The van der Waals surface area contributed by atoms with Crippen LogP contribution in [-0.4, -0.2) is 17.6 Å². The molecule has 0 amide bonds. The predicted molar refractivity (Wildman–Crippen MR) is 55.4 cm³/mol. The molecule has 0 atom stereocenters. The van der Waals surface area contributed by atoms with Crippen LogP contribution in [0.15, 0.2) is 24.3 Å². The zero-order valence-corrected chi connectivity index (χ0v) is 8.29. The SMILES string of the molecule is CCCNCc1ccc(C(=O)O)cc1. The molecule has 0 aromatic heterocycles. The van der Waals surface area contributed by atoms with E-state index in [1.807, 2.05) is 12.1 Å². The summed E-state index contributed by atoms with van der Waals surface area (Å²) in [5, 5.41) is 11.9. The molecule has 76 valence electrons. The molecule has 1 aromatic carbocycles. The lowest BCUT2D eigenvalue weighted by atomic mass is 10.1. The van der Waals surface area contributed by atoms with Gasteiger partial charge in [-0.25, -0.2) is 4.79 Å². The van der Waals surface area contributed by atoms with Crippen molar-refractivity contribution < 1.29 is 9.90 Å². The number of carbonyl (C=O) groups is 1. The van der Waals surface area contributed by atoms with Crippen LogP contribution in [0.5, 0.6) is 0 Å². The van der Waals surface area contributed by atoms with Gasteiger partial charge in [0.25, 0.3) is 0 Å². The topological polar surface area (TPSA) is 49.3 Å². The van der Waals surface area contributed by atoms with Gasteiger partial charge in [0.1, 0.15) is 0 Å². The monoisotopic (exact) mass is 193 g/mol. The van der Waals surface area contributed by atoms with Gasteiger partial charge in [-0.3, -0.25) is 0 Å². The molecule has 3 nitrogen and oxygen atoms in total. The molecule has 0 saturated carbocycles. The Hall–Kier alpha value is -1.35. The summed E-state index contributed by atoms with van der Waals surface area (Å²) < 4.78 is 0. The first-order valence-corrected chi connectivity index (χ1v) is 4.77. The Morgan fingerprint density at radius 1 is 1.36 bits per heavy atom. The fourth-order valence-corrected chi connectivity index (χ4v) is 1.17. The molecule has 0 aliphatic heterocycles. The fourth-order valence-electron chi connectivity index (χ4n) is 1.17. The van der Waals surface area contributed by atoms with Crippen molar-refractivity contribution in [2.24, 2.45) is 0 Å². The first-order valence-electron chi connectivity index (χ1n) is 4.77. The summed E-state index contributed by atoms with van der Waals surface area (Å²) in [4.78, 5) is 10.6. The first-order chi connectivity index (χ1) is 6.74. The Labute approximate surface area is 83.8 Å². The third-order valence-corrected chi connectivity index (χ3v) is 1.96. The lowest BCUT2D eigenvalue weighted by Crippen LogP contribution is -2.13. The van der Waals surface area contributed by atoms with E-state index >= 15 is 0 Å². The second-order valence-electron chi connectivity index (χ2n) is 3.18. The van der Waals surface area contributed by atoms with Crippen molar-refractivity contribution in [1.29, 1.82) is 0 Å². The minimum absolute atomic E-state index is 0.337. The standard InChI is InChI=1S/C11H15NO2/c1-2-7-12-8-9-3-5-10(6-4-9)11(13)14/h3-6,12H,2,7-8H2,1H3,(H,13,14). The molecule has 2 N–H and O–H groups in total. The van der Waals surface area contributed by atoms with Crippen molar-refractivity contribution >= 4 is 5.97 Å². The van der Waals surface area contributed by atoms with Crippen LogP contribution in [0.4, 0.5) is 0 Å². The van der Waals surface area contributed by atoms with Crippen molar-refractivity contribution in [3.63, 3.8) is 0 Å². The van der Waals surface area contributed by atoms with Crippen LogP contribution in [0.3, 0.4) is 0 Å². The number of rotatable bonds is 5. The molecule has 0 aliphatic rings. The molecular formula is C11H15NO2. The van der Waals surface area contributed by atoms with Gasteiger partial charge in [0.15, 0.2) is 0 Å². The molecule has 0 spiro atoms. The summed E-state index contributed by atoms with van der Waals surface area (Å²) in [6, 6.07) is 6.94. The van der Waals surface area contributed by atoms with Crippen molar-refractivity contribution in [2.75, 3.05) is 6.54 Å². The molecular weight excluding hydrogens is 178 g/mol. The van der Waals surface area contributed by atoms with Gasteiger partial charge in [-0.05, 0) is 30.7 Å². The summed E-state index contributed by atoms with van der Waals surface area (Å²) >= 11 is 0. The van der Waals surface area contributed by atoms with E-state index in [0.29, 0.717) is 5.56 Å². The molecule has 14 heavy (non-hydrogen) atoms. The van der Waals surface area contributed by atoms with Crippen LogP contribution in [0, 0.1) is 0 Å². The van der Waals surface area contributed by atoms with Crippen LogP contribution >= 0.6 is 0 Å². The highest BCUT2D eigenvalue weighted by Crippen LogP contribution is 2.03. The lowest BCUT2D eigenvalue weighted by molar-refractivity contribution is 0.0697. The summed E-state index contributed by atoms with van der Waals surface area (Å²) in [5.74, 6) is -0.877. The molecule has 0 aliphatic carbocycles. The van der Waals surface area contributed by atoms with E-state index in [1.165, 1.54) is 0 Å². The highest BCUT2D eigenvalue weighted by Gasteiger charge is 2.00. The molecule has 1 aromatic rings. The third-order valence-electron chi connectivity index (χ3n) is 1.96. The maximum atomic E-state index is 10.6. The second kappa shape index (κ2) is 5.40. The van der Waals surface area contributed by atoms with Crippen LogP contribution in [0.2, 0.25) is 0 Å². The van der Waals surface area contributed by atoms with Crippen molar-refractivity contribution in [3.8, 4) is 0 Å². The Balaban J connectivity index is 2.51. The maximum absolute atomic E-state index is 10.6. The Morgan fingerprint density at radius 3 is 2.50 bits per heavy atom. The fraction of sp³-hybridized carbons (Fsp3) is 0.364. The minimum Gasteiger partial charge on any atom is -0.478 e. The highest BCUT2D eigenvalue weighted by molar-refractivity contribution is 5.87. The number of carboxylic acid groups (broad SMARTS) is 1. The van der Waals surface area contributed by atoms with Crippen LogP contribution < -0.4 is 5.32 Å². The van der Waals surface area contributed by atoms with Crippen molar-refractivity contribution in [3.05, 3.63) is 35.4 Å². The van der Waals surface area contributed by atoms with E-state index in [0.717, 1.165) is 25.1 Å². The predicted octanol–water partition coefficient (Wildman–Crippen LogP) is 1.88. The highest BCUT2D eigenvalue weighted by atomic mass is 16.4. The number of nitrogens with one attached hydrogen (secondary N) is 1. The van der Waals surface area contributed by atoms with Gasteiger partial charge in [-0.1, -0.05) is 19.1 Å². The first kappa shape index (κ1) is 10.7. The van der Waals surface area contributed by atoms with E-state index in [1.54, 1.807) is 12.1 Å². The molecule has 0 saturated heterocycles. The number of aromatic carboxylic acids is 1. The van der Waals surface area contributed by atoms with Gasteiger partial charge in [0.05, 0.1) is 5.56 Å². The molecule has 0 unspecified atom stereocenters. The largest absolute Gasteiger partial charge is 0.478 e. The van der Waals surface area contributed by atoms with Gasteiger partial charge in [0, 0.05) is 6.54 Å². The summed E-state index contributed by atoms with van der Waals surface area (Å²) in [7, 11) is 0. The van der Waals surface area contributed by atoms with E-state index in [9.17, 15) is 4.79 Å². The van der Waals surface area contributed by atoms with Crippen LogP contribution in [-0.2, 0) is 6.54 Å². The Kier molecular flexibility index (Phi) is 4.13. The van der Waals surface area contributed by atoms with Crippen LogP contribution in [0.25, 0.3) is 0 Å². The van der Waals surface area contributed by atoms with Crippen molar-refractivity contribution in [1.82, 2.24) is 5.32 Å². The molecule has 0 heterocycles. The molecule has 0 fully saturated rings. The Morgan fingerprint density at radius 2 is 2.00 bits per heavy atom. The number of hydrogen-bond donors (Lipinski definition) is 2. The molecule has 1 rings (SSSR count). The third kappa shape index (κ3) is 3.18. The lowest BCUT2D eigenvalue weighted by Gasteiger charge is -2.03. The Bertz CT molecular complexity index is 293. The quantitative estimate of drug-likeness (QED) is 0.702. The van der Waals surface area contributed by atoms with Gasteiger partial charge in [-0.2, -0.15) is 0 Å². The summed E-state index contributed by atoms with van der Waals surface area (Å²) in [6.07, 6.45) is 1.10. The molecule has 3 heteroatoms. The zero-order valence-electron chi connectivity index (χ0n) is 8.29. The van der Waals surface area contributed by atoms with Crippen LogP contribution in [0.1, 0.15) is 29.3 Å². The number of benzene rings is 1. The van der Waals surface area contributed by atoms with Gasteiger partial charge in [0.2, 0.25) is 0 Å². The number of carboxylic acids is 1.